The lowest BCUT2D eigenvalue weighted by molar-refractivity contribution is 0.674. The van der Waals surface area contributed by atoms with Crippen LogP contribution in [-0.2, 0) is 0 Å². The van der Waals surface area contributed by atoms with E-state index in [4.69, 9.17) is 74.3 Å². The third-order valence-electron chi connectivity index (χ3n) is 10.5. The van der Waals surface area contributed by atoms with Gasteiger partial charge in [-0.25, -0.2) is 15.0 Å². The van der Waals surface area contributed by atoms with Crippen molar-refractivity contribution in [1.82, 2.24) is 19.5 Å². The first-order valence-electron chi connectivity index (χ1n) is 18.1. The lowest BCUT2D eigenvalue weighted by Gasteiger charge is -2.14. The zero-order valence-electron chi connectivity index (χ0n) is 30.4. The van der Waals surface area contributed by atoms with Crippen LogP contribution in [0.1, 0.15) is 0 Å². The average molecular weight is 709 g/mol. The molecule has 3 heterocycles. The van der Waals surface area contributed by atoms with Gasteiger partial charge in [0.05, 0.1) is 5.52 Å². The molecule has 10 aromatic rings. The minimum absolute atomic E-state index is 0.283. The van der Waals surface area contributed by atoms with Gasteiger partial charge in [0.1, 0.15) is 60.5 Å². The highest BCUT2D eigenvalue weighted by atomic mass is 16.3. The lowest BCUT2D eigenvalue weighted by Crippen LogP contribution is -2.32. The largest absolute Gasteiger partial charge is 0.454 e. The maximum absolute atomic E-state index is 6.94. The molecule has 7 aromatic carbocycles. The molecule has 0 atom stereocenters. The molecule has 3 aromatic heterocycles. The second-order valence-electron chi connectivity index (χ2n) is 14.0. The molecular weight excluding hydrogens is 688 g/mol. The Balaban J connectivity index is 1.25. The van der Waals surface area contributed by atoms with Gasteiger partial charge in [-0.2, -0.15) is 0 Å². The Morgan fingerprint density at radius 1 is 0.404 bits per heavy atom. The number of nitrogens with zero attached hydrogens (tertiary/aromatic N) is 4. The van der Waals surface area contributed by atoms with Crippen molar-refractivity contribution in [2.75, 3.05) is 0 Å². The lowest BCUT2D eigenvalue weighted by atomic mass is 9.71. The molecule has 14 radical (unpaired) electrons. The molecule has 10 rings (SSSR count). The van der Waals surface area contributed by atoms with E-state index in [0.29, 0.717) is 99.8 Å². The third-order valence-corrected chi connectivity index (χ3v) is 10.5. The second kappa shape index (κ2) is 13.4. The third kappa shape index (κ3) is 5.61. The number of furan rings is 1. The van der Waals surface area contributed by atoms with Crippen molar-refractivity contribution < 1.29 is 4.42 Å². The molecule has 0 aliphatic rings. The number of hydrogen-bond donors (Lipinski definition) is 0. The Morgan fingerprint density at radius 2 is 0.965 bits per heavy atom. The summed E-state index contributed by atoms with van der Waals surface area (Å²) in [5.74, 6) is 1.51. The van der Waals surface area contributed by atoms with Crippen LogP contribution in [0.5, 0.6) is 0 Å². The van der Waals surface area contributed by atoms with E-state index in [1.807, 2.05) is 89.5 Å². The van der Waals surface area contributed by atoms with Gasteiger partial charge in [-0.15, -0.1) is 5.46 Å². The highest BCUT2D eigenvalue weighted by Crippen LogP contribution is 2.38. The fourth-order valence-electron chi connectivity index (χ4n) is 7.86. The van der Waals surface area contributed by atoms with Crippen LogP contribution in [0.4, 0.5) is 0 Å². The van der Waals surface area contributed by atoms with E-state index in [1.165, 1.54) is 0 Å². The fourth-order valence-corrected chi connectivity index (χ4v) is 7.86. The summed E-state index contributed by atoms with van der Waals surface area (Å²) in [5, 5.41) is 2.27. The average Bonchev–Trinajstić information content (AvgIpc) is 3.81. The van der Waals surface area contributed by atoms with Gasteiger partial charge in [-0.05, 0) is 34.7 Å². The van der Waals surface area contributed by atoms with E-state index in [2.05, 4.69) is 24.3 Å². The summed E-state index contributed by atoms with van der Waals surface area (Å²) in [6.45, 7) is 0. The molecule has 0 unspecified atom stereocenters. The second-order valence-corrected chi connectivity index (χ2v) is 14.0. The van der Waals surface area contributed by atoms with Crippen molar-refractivity contribution in [1.29, 1.82) is 0 Å². The Kier molecular flexibility index (Phi) is 8.22. The van der Waals surface area contributed by atoms with Crippen LogP contribution < -0.4 is 38.2 Å². The maximum Gasteiger partial charge on any atom is 0.164 e. The number of benzene rings is 7. The zero-order valence-corrected chi connectivity index (χ0v) is 30.4. The van der Waals surface area contributed by atoms with Crippen LogP contribution in [0.15, 0.2) is 132 Å². The van der Waals surface area contributed by atoms with Crippen molar-refractivity contribution in [2.24, 2.45) is 0 Å². The fraction of sp³-hybridized carbons (Fsp3) is 0. The van der Waals surface area contributed by atoms with Crippen molar-refractivity contribution in [2.45, 2.75) is 0 Å². The van der Waals surface area contributed by atoms with Gasteiger partial charge in [-0.1, -0.05) is 142 Å². The van der Waals surface area contributed by atoms with Crippen molar-refractivity contribution in [3.8, 4) is 51.0 Å². The molecule has 248 valence electrons. The van der Waals surface area contributed by atoms with Gasteiger partial charge < -0.3 is 8.98 Å². The summed E-state index contributed by atoms with van der Waals surface area (Å²) in [6, 6.07) is 41.0. The van der Waals surface area contributed by atoms with Crippen molar-refractivity contribution in [3.63, 3.8) is 0 Å². The molecule has 0 amide bonds. The SMILES string of the molecule is [B]c1cc([B])c2oc3c(c([B])c([B])c4c5c([B])c([B])cc([B])c5n(-c5cccc(-c6nc(-c7ccccc7)nc(-c7cccc(-c8ccccc8)c7)n6)c5)c34)c2c1. The molecule has 0 fully saturated rings. The minimum Gasteiger partial charge on any atom is -0.454 e. The predicted molar refractivity (Wildman–Crippen MR) is 241 cm³/mol. The predicted octanol–water partition coefficient (Wildman–Crippen LogP) is 3.09. The van der Waals surface area contributed by atoms with E-state index >= 15 is 0 Å². The van der Waals surface area contributed by atoms with Gasteiger partial charge in [0.2, 0.25) is 0 Å². The van der Waals surface area contributed by atoms with Crippen LogP contribution in [0.25, 0.3) is 94.7 Å². The molecule has 5 nitrogen and oxygen atoms in total. The van der Waals surface area contributed by atoms with Gasteiger partial charge in [0.25, 0.3) is 0 Å². The van der Waals surface area contributed by atoms with E-state index in [1.54, 1.807) is 18.2 Å². The molecule has 0 aliphatic heterocycles. The van der Waals surface area contributed by atoms with Crippen molar-refractivity contribution >= 4 is 137 Å². The van der Waals surface area contributed by atoms with E-state index in [9.17, 15) is 0 Å². The van der Waals surface area contributed by atoms with Gasteiger partial charge in [0.15, 0.2) is 23.1 Å². The first-order chi connectivity index (χ1) is 27.7. The van der Waals surface area contributed by atoms with Crippen LogP contribution in [0, 0.1) is 0 Å². The normalized spacial score (nSPS) is 11.6. The van der Waals surface area contributed by atoms with Gasteiger partial charge >= 0.3 is 0 Å². The van der Waals surface area contributed by atoms with Crippen molar-refractivity contribution in [3.05, 3.63) is 127 Å². The summed E-state index contributed by atoms with van der Waals surface area (Å²) in [6.07, 6.45) is 0. The van der Waals surface area contributed by atoms with Crippen LogP contribution in [0.2, 0.25) is 0 Å². The van der Waals surface area contributed by atoms with Crippen LogP contribution >= 0.6 is 0 Å². The molecule has 12 heteroatoms. The quantitative estimate of drug-likeness (QED) is 0.258. The minimum atomic E-state index is 0.283. The Labute approximate surface area is 337 Å². The number of fused-ring (bicyclic) bond motifs is 7. The maximum atomic E-state index is 6.94. The van der Waals surface area contributed by atoms with Crippen LogP contribution in [0.3, 0.4) is 0 Å². The standard InChI is InChI=1S/C45H21B7N4O/c46-27-19-29-33-37(51)38(52)35-34-36(50)30(47)21-31(48)39(34)56(40(35)42(33)57-41(29)32(49)20-27)28-16-8-15-26(18-28)45-54-43(23-11-5-2-6-12-23)53-44(55-45)25-14-7-13-24(17-25)22-9-3-1-4-10-22/h1-21H. The monoisotopic (exact) mass is 710 g/mol. The molecule has 57 heavy (non-hydrogen) atoms. The molecular formula is C45H21B7N4O. The zero-order chi connectivity index (χ0) is 39.1. The van der Waals surface area contributed by atoms with Gasteiger partial charge in [0, 0.05) is 44.1 Å². The van der Waals surface area contributed by atoms with Gasteiger partial charge in [-0.3, -0.25) is 0 Å². The molecule has 0 bridgehead atoms. The molecule has 0 aliphatic carbocycles. The summed E-state index contributed by atoms with van der Waals surface area (Å²) in [4.78, 5) is 15.1. The molecule has 0 spiro atoms. The summed E-state index contributed by atoms with van der Waals surface area (Å²) in [5.41, 5.74) is 9.57. The van der Waals surface area contributed by atoms with E-state index < -0.39 is 0 Å². The number of hydrogen-bond acceptors (Lipinski definition) is 4. The summed E-state index contributed by atoms with van der Waals surface area (Å²) < 4.78 is 8.55. The summed E-state index contributed by atoms with van der Waals surface area (Å²) >= 11 is 0. The first kappa shape index (κ1) is 35.0. The highest BCUT2D eigenvalue weighted by Gasteiger charge is 2.25. The van der Waals surface area contributed by atoms with E-state index in [0.717, 1.165) is 22.3 Å². The number of aromatic nitrogens is 4. The summed E-state index contributed by atoms with van der Waals surface area (Å²) in [7, 11) is 46.5. The first-order valence-corrected chi connectivity index (χ1v) is 18.1. The van der Waals surface area contributed by atoms with Crippen LogP contribution in [-0.4, -0.2) is 74.4 Å². The Morgan fingerprint density at radius 3 is 1.67 bits per heavy atom. The topological polar surface area (TPSA) is 56.7 Å². The van der Waals surface area contributed by atoms with E-state index in [-0.39, 0.29) is 10.9 Å². The Hall–Kier alpha value is -6.40. The smallest absolute Gasteiger partial charge is 0.164 e. The highest BCUT2D eigenvalue weighted by molar-refractivity contribution is 6.64. The molecule has 0 saturated carbocycles. The number of rotatable bonds is 5. The molecule has 0 N–H and O–H groups in total. The molecule has 0 saturated heterocycles. The Bertz CT molecular complexity index is 3270.